The summed E-state index contributed by atoms with van der Waals surface area (Å²) in [6.45, 7) is 16.4. The Hall–Kier alpha value is -4.68. The third-order valence-electron chi connectivity index (χ3n) is 10.8. The van der Waals surface area contributed by atoms with Gasteiger partial charge in [-0.2, -0.15) is 4.31 Å². The van der Waals surface area contributed by atoms with Crippen LogP contribution in [0.15, 0.2) is 77.7 Å². The number of benzene rings is 3. The van der Waals surface area contributed by atoms with Crippen molar-refractivity contribution in [2.75, 3.05) is 51.1 Å². The first-order valence-corrected chi connectivity index (χ1v) is 24.2. The standard InChI is InChI=1S/C47H66FN7O7S2/c1-32(2)28-54(64(60,61)36-19-20-37-40(27-36)63-44(51-37)50-21-24-52-22-12-13-23-52)30-39(56)38(26-33-15-10-9-11-16-33)55(42(43(49)58)46(3,4)5)41(57)31-53(45(59)62-47(6,7)8)29-34-17-14-18-35(48)25-34/h9-11,14-20,25,27,32,38-39,42,56H,12-13,21-24,26,28-31H2,1-8H3,(H2,49,58)(H,50,51)/t38-,39+,42+/m0/s1. The number of likely N-dealkylation sites (tertiary alicyclic amines) is 1. The van der Waals surface area contributed by atoms with Gasteiger partial charge in [0.1, 0.15) is 24.0 Å². The van der Waals surface area contributed by atoms with Crippen LogP contribution in [0.4, 0.5) is 14.3 Å². The molecule has 350 valence electrons. The summed E-state index contributed by atoms with van der Waals surface area (Å²) >= 11 is 1.37. The van der Waals surface area contributed by atoms with Crippen LogP contribution in [-0.2, 0) is 37.3 Å². The summed E-state index contributed by atoms with van der Waals surface area (Å²) in [7, 11) is -4.27. The van der Waals surface area contributed by atoms with Crippen LogP contribution in [0, 0.1) is 17.2 Å². The number of hydrogen-bond acceptors (Lipinski definition) is 11. The number of rotatable bonds is 20. The molecule has 0 aliphatic carbocycles. The average molecular weight is 924 g/mol. The highest BCUT2D eigenvalue weighted by molar-refractivity contribution is 7.89. The average Bonchev–Trinajstić information content (AvgIpc) is 3.87. The minimum Gasteiger partial charge on any atom is -0.444 e. The molecular weight excluding hydrogens is 858 g/mol. The smallest absolute Gasteiger partial charge is 0.411 e. The normalized spacial score (nSPS) is 15.3. The molecule has 5 rings (SSSR count). The molecule has 0 spiro atoms. The number of nitrogens with one attached hydrogen (secondary N) is 1. The van der Waals surface area contributed by atoms with Crippen molar-refractivity contribution in [3.63, 3.8) is 0 Å². The zero-order valence-electron chi connectivity index (χ0n) is 38.4. The van der Waals surface area contributed by atoms with Crippen molar-refractivity contribution in [1.29, 1.82) is 0 Å². The molecule has 14 nitrogen and oxygen atoms in total. The Labute approximate surface area is 382 Å². The van der Waals surface area contributed by atoms with Crippen LogP contribution in [0.5, 0.6) is 0 Å². The van der Waals surface area contributed by atoms with E-state index in [4.69, 9.17) is 10.5 Å². The molecule has 0 saturated carbocycles. The van der Waals surface area contributed by atoms with Gasteiger partial charge in [0.2, 0.25) is 21.8 Å². The zero-order chi connectivity index (χ0) is 47.0. The molecule has 1 aliphatic rings. The maximum absolute atomic E-state index is 15.1. The third-order valence-corrected chi connectivity index (χ3v) is 13.6. The number of sulfonamides is 1. The lowest BCUT2D eigenvalue weighted by molar-refractivity contribution is -0.151. The quantitative estimate of drug-likeness (QED) is 0.0862. The lowest BCUT2D eigenvalue weighted by Gasteiger charge is -2.45. The summed E-state index contributed by atoms with van der Waals surface area (Å²) in [6.07, 6.45) is -0.0648. The highest BCUT2D eigenvalue weighted by atomic mass is 32.2. The van der Waals surface area contributed by atoms with Crippen LogP contribution in [0.2, 0.25) is 0 Å². The number of anilines is 1. The van der Waals surface area contributed by atoms with E-state index in [0.29, 0.717) is 33.0 Å². The highest BCUT2D eigenvalue weighted by Gasteiger charge is 2.45. The number of fused-ring (bicyclic) bond motifs is 1. The summed E-state index contributed by atoms with van der Waals surface area (Å²) < 4.78 is 51.4. The van der Waals surface area contributed by atoms with E-state index in [9.17, 15) is 27.5 Å². The number of ether oxygens (including phenoxy) is 1. The van der Waals surface area contributed by atoms with Gasteiger partial charge in [-0.3, -0.25) is 14.5 Å². The number of carbonyl (C=O) groups is 3. The number of nitrogens with zero attached hydrogens (tertiary/aromatic N) is 5. The van der Waals surface area contributed by atoms with E-state index in [1.165, 1.54) is 57.6 Å². The largest absolute Gasteiger partial charge is 0.444 e. The van der Waals surface area contributed by atoms with Crippen LogP contribution >= 0.6 is 11.3 Å². The molecule has 3 amide bonds. The zero-order valence-corrected chi connectivity index (χ0v) is 40.1. The molecule has 1 saturated heterocycles. The maximum Gasteiger partial charge on any atom is 0.411 e. The second-order valence-electron chi connectivity index (χ2n) is 19.1. The van der Waals surface area contributed by atoms with Gasteiger partial charge in [0.05, 0.1) is 27.3 Å². The Kier molecular flexibility index (Phi) is 16.9. The van der Waals surface area contributed by atoms with E-state index in [1.54, 1.807) is 84.0 Å². The second kappa shape index (κ2) is 21.5. The number of aliphatic hydroxyl groups is 1. The van der Waals surface area contributed by atoms with E-state index < -0.39 is 76.0 Å². The van der Waals surface area contributed by atoms with Gasteiger partial charge in [0.15, 0.2) is 5.13 Å². The molecule has 4 aromatic rings. The predicted octanol–water partition coefficient (Wildman–Crippen LogP) is 6.73. The number of carbonyl (C=O) groups excluding carboxylic acids is 3. The molecule has 0 radical (unpaired) electrons. The summed E-state index contributed by atoms with van der Waals surface area (Å²) in [5.41, 5.74) is 5.89. The Morgan fingerprint density at radius 2 is 1.62 bits per heavy atom. The fourth-order valence-electron chi connectivity index (χ4n) is 8.01. The number of nitrogens with two attached hydrogens (primary N) is 1. The van der Waals surface area contributed by atoms with E-state index in [2.05, 4.69) is 15.2 Å². The lowest BCUT2D eigenvalue weighted by atomic mass is 9.83. The second-order valence-corrected chi connectivity index (χ2v) is 22.1. The van der Waals surface area contributed by atoms with Crippen LogP contribution < -0.4 is 11.1 Å². The molecule has 3 atom stereocenters. The summed E-state index contributed by atoms with van der Waals surface area (Å²) in [4.78, 5) is 51.9. The first-order valence-electron chi connectivity index (χ1n) is 21.9. The Bertz CT molecular complexity index is 2310. The van der Waals surface area contributed by atoms with Gasteiger partial charge in [-0.15, -0.1) is 0 Å². The SMILES string of the molecule is CC(C)CN(C[C@@H](O)[C@H](Cc1ccccc1)N(C(=O)CN(Cc1cccc(F)c1)C(=O)OC(C)(C)C)[C@H](C(N)=O)C(C)(C)C)S(=O)(=O)c1ccc2nc(NCCN3CCCC3)sc2c1. The molecule has 0 unspecified atom stereocenters. The van der Waals surface area contributed by atoms with Crippen molar-refractivity contribution in [2.45, 2.75) is 110 Å². The highest BCUT2D eigenvalue weighted by Crippen LogP contribution is 2.32. The van der Waals surface area contributed by atoms with Gasteiger partial charge in [-0.1, -0.05) is 88.4 Å². The molecule has 1 aliphatic heterocycles. The van der Waals surface area contributed by atoms with Gasteiger partial charge in [0.25, 0.3) is 0 Å². The van der Waals surface area contributed by atoms with Gasteiger partial charge in [-0.25, -0.2) is 22.6 Å². The molecule has 1 aromatic heterocycles. The Balaban J connectivity index is 1.53. The monoisotopic (exact) mass is 923 g/mol. The molecule has 17 heteroatoms. The van der Waals surface area contributed by atoms with E-state index in [0.717, 1.165) is 24.5 Å². The molecule has 4 N–H and O–H groups in total. The molecular formula is C47H66FN7O7S2. The van der Waals surface area contributed by atoms with Gasteiger partial charge in [0, 0.05) is 32.7 Å². The first-order chi connectivity index (χ1) is 30.0. The number of aliphatic hydroxyl groups excluding tert-OH is 1. The van der Waals surface area contributed by atoms with Crippen LogP contribution in [-0.4, -0.2) is 125 Å². The number of halogens is 1. The minimum atomic E-state index is -4.27. The summed E-state index contributed by atoms with van der Waals surface area (Å²) in [6, 6.07) is 16.8. The topological polar surface area (TPSA) is 179 Å². The fourth-order valence-corrected chi connectivity index (χ4v) is 10.7. The van der Waals surface area contributed by atoms with Crippen molar-refractivity contribution in [3.8, 4) is 0 Å². The third kappa shape index (κ3) is 13.9. The summed E-state index contributed by atoms with van der Waals surface area (Å²) in [5, 5.41) is 16.6. The molecule has 64 heavy (non-hydrogen) atoms. The first kappa shape index (κ1) is 50.3. The molecule has 2 heterocycles. The van der Waals surface area contributed by atoms with Gasteiger partial charge >= 0.3 is 6.09 Å². The van der Waals surface area contributed by atoms with Crippen molar-refractivity contribution in [2.24, 2.45) is 17.1 Å². The Morgan fingerprint density at radius 1 is 0.953 bits per heavy atom. The van der Waals surface area contributed by atoms with Crippen molar-refractivity contribution in [1.82, 2.24) is 24.0 Å². The number of thiazole rings is 1. The van der Waals surface area contributed by atoms with E-state index in [-0.39, 0.29) is 30.3 Å². The Morgan fingerprint density at radius 3 is 2.23 bits per heavy atom. The number of aromatic nitrogens is 1. The number of amides is 3. The van der Waals surface area contributed by atoms with Crippen molar-refractivity contribution >= 4 is 54.6 Å². The van der Waals surface area contributed by atoms with Crippen LogP contribution in [0.3, 0.4) is 0 Å². The number of primary amides is 1. The number of hydrogen-bond donors (Lipinski definition) is 3. The van der Waals surface area contributed by atoms with Gasteiger partial charge in [-0.05, 0) is 106 Å². The summed E-state index contributed by atoms with van der Waals surface area (Å²) in [5.74, 6) is -2.35. The fraction of sp³-hybridized carbons (Fsp3) is 0.532. The lowest BCUT2D eigenvalue weighted by Crippen LogP contribution is -2.64. The van der Waals surface area contributed by atoms with E-state index >= 15 is 4.79 Å². The maximum atomic E-state index is 15.1. The minimum absolute atomic E-state index is 0.0140. The molecule has 0 bridgehead atoms. The van der Waals surface area contributed by atoms with Crippen molar-refractivity contribution in [3.05, 3.63) is 89.7 Å². The van der Waals surface area contributed by atoms with Gasteiger partial charge < -0.3 is 30.7 Å². The van der Waals surface area contributed by atoms with Crippen molar-refractivity contribution < 1.29 is 37.0 Å². The molecule has 3 aromatic carbocycles. The van der Waals surface area contributed by atoms with Crippen LogP contribution in [0.25, 0.3) is 10.2 Å². The predicted molar refractivity (Wildman–Crippen MR) is 250 cm³/mol. The molecule has 1 fully saturated rings. The van der Waals surface area contributed by atoms with E-state index in [1.807, 2.05) is 19.9 Å². The van der Waals surface area contributed by atoms with Crippen LogP contribution in [0.1, 0.15) is 79.4 Å².